The Morgan fingerprint density at radius 3 is 2.58 bits per heavy atom. The number of pyridine rings is 1. The van der Waals surface area contributed by atoms with Gasteiger partial charge in [0.25, 0.3) is 5.82 Å². The molecule has 1 aromatic heterocycles. The maximum atomic E-state index is 3.26. The first-order chi connectivity index (χ1) is 5.97. The van der Waals surface area contributed by atoms with Crippen LogP contribution in [0, 0.1) is 0 Å². The van der Waals surface area contributed by atoms with Gasteiger partial charge in [0.1, 0.15) is 0 Å². The molecule has 0 unspecified atom stereocenters. The zero-order chi connectivity index (χ0) is 8.23. The molecule has 1 aliphatic heterocycles. The van der Waals surface area contributed by atoms with E-state index >= 15 is 0 Å². The van der Waals surface area contributed by atoms with Crippen LogP contribution in [0.25, 0.3) is 0 Å². The quantitative estimate of drug-likeness (QED) is 0.613. The summed E-state index contributed by atoms with van der Waals surface area (Å²) in [6, 6.07) is 6.25. The van der Waals surface area contributed by atoms with Gasteiger partial charge in [-0.05, 0) is 25.3 Å². The number of nitrogens with zero attached hydrogens (tertiary/aromatic N) is 1. The molecule has 0 saturated carbocycles. The van der Waals surface area contributed by atoms with E-state index in [0.717, 1.165) is 0 Å². The van der Waals surface area contributed by atoms with Gasteiger partial charge < -0.3 is 0 Å². The van der Waals surface area contributed by atoms with E-state index in [1.165, 1.54) is 38.2 Å². The van der Waals surface area contributed by atoms with Crippen molar-refractivity contribution in [2.24, 2.45) is 0 Å². The summed E-state index contributed by atoms with van der Waals surface area (Å²) in [5, 5.41) is 0. The molecule has 0 aliphatic carbocycles. The Morgan fingerprint density at radius 1 is 1.08 bits per heavy atom. The first kappa shape index (κ1) is 7.59. The van der Waals surface area contributed by atoms with Crippen LogP contribution in [-0.4, -0.2) is 13.1 Å². The van der Waals surface area contributed by atoms with E-state index in [0.29, 0.717) is 0 Å². The Labute approximate surface area is 73.2 Å². The highest BCUT2D eigenvalue weighted by molar-refractivity contribution is 5.31. The summed E-state index contributed by atoms with van der Waals surface area (Å²) in [6.07, 6.45) is 6.05. The van der Waals surface area contributed by atoms with Crippen molar-refractivity contribution in [2.45, 2.75) is 19.3 Å². The molecular formula is C10H15N2+. The van der Waals surface area contributed by atoms with Crippen LogP contribution >= 0.6 is 0 Å². The second-order valence-corrected chi connectivity index (χ2v) is 3.30. The lowest BCUT2D eigenvalue weighted by atomic mass is 10.1. The van der Waals surface area contributed by atoms with Gasteiger partial charge in [0.15, 0.2) is 0 Å². The van der Waals surface area contributed by atoms with E-state index < -0.39 is 0 Å². The SMILES string of the molecule is c1ccc(N2CCCCC2)[nH+]c1. The Bertz CT molecular complexity index is 227. The van der Waals surface area contributed by atoms with Gasteiger partial charge in [-0.1, -0.05) is 6.07 Å². The molecule has 0 bridgehead atoms. The zero-order valence-electron chi connectivity index (χ0n) is 7.29. The van der Waals surface area contributed by atoms with Crippen LogP contribution in [-0.2, 0) is 0 Å². The van der Waals surface area contributed by atoms with Crippen LogP contribution in [0.15, 0.2) is 24.4 Å². The topological polar surface area (TPSA) is 17.4 Å². The van der Waals surface area contributed by atoms with E-state index in [-0.39, 0.29) is 0 Å². The number of aromatic amines is 1. The summed E-state index contributed by atoms with van der Waals surface area (Å²) < 4.78 is 0. The molecule has 0 atom stereocenters. The minimum absolute atomic E-state index is 1.21. The Morgan fingerprint density at radius 2 is 1.92 bits per heavy atom. The number of hydrogen-bond acceptors (Lipinski definition) is 1. The first-order valence-corrected chi connectivity index (χ1v) is 4.68. The van der Waals surface area contributed by atoms with E-state index in [9.17, 15) is 0 Å². The molecule has 2 rings (SSSR count). The standard InChI is InChI=1S/C10H14N2/c1-4-8-12(9-5-1)10-6-2-3-7-11-10/h2-3,6-7H,1,4-5,8-9H2/p+1. The second kappa shape index (κ2) is 3.57. The fourth-order valence-corrected chi connectivity index (χ4v) is 1.72. The second-order valence-electron chi connectivity index (χ2n) is 3.30. The monoisotopic (exact) mass is 163 g/mol. The lowest BCUT2D eigenvalue weighted by Gasteiger charge is -2.20. The van der Waals surface area contributed by atoms with E-state index in [2.05, 4.69) is 22.0 Å². The van der Waals surface area contributed by atoms with Crippen molar-refractivity contribution < 1.29 is 4.98 Å². The van der Waals surface area contributed by atoms with Gasteiger partial charge in [-0.3, -0.25) is 4.90 Å². The van der Waals surface area contributed by atoms with Crippen molar-refractivity contribution in [3.8, 4) is 0 Å². The predicted molar refractivity (Wildman–Crippen MR) is 49.1 cm³/mol. The van der Waals surface area contributed by atoms with Gasteiger partial charge in [0, 0.05) is 6.07 Å². The summed E-state index contributed by atoms with van der Waals surface area (Å²) >= 11 is 0. The molecule has 2 heteroatoms. The van der Waals surface area contributed by atoms with Gasteiger partial charge in [-0.15, -0.1) is 0 Å². The third-order valence-electron chi connectivity index (χ3n) is 2.39. The van der Waals surface area contributed by atoms with Crippen LogP contribution in [0.2, 0.25) is 0 Å². The van der Waals surface area contributed by atoms with E-state index in [1.807, 2.05) is 12.3 Å². The van der Waals surface area contributed by atoms with Crippen LogP contribution in [0.5, 0.6) is 0 Å². The summed E-state index contributed by atoms with van der Waals surface area (Å²) in [7, 11) is 0. The molecule has 2 heterocycles. The van der Waals surface area contributed by atoms with Crippen LogP contribution in [0.1, 0.15) is 19.3 Å². The normalized spacial score (nSPS) is 17.8. The number of hydrogen-bond donors (Lipinski definition) is 0. The van der Waals surface area contributed by atoms with E-state index in [4.69, 9.17) is 0 Å². The predicted octanol–water partition coefficient (Wildman–Crippen LogP) is 1.49. The zero-order valence-corrected chi connectivity index (χ0v) is 7.29. The molecule has 0 spiro atoms. The van der Waals surface area contributed by atoms with Crippen molar-refractivity contribution in [2.75, 3.05) is 18.0 Å². The van der Waals surface area contributed by atoms with Crippen molar-refractivity contribution >= 4 is 5.82 Å². The number of rotatable bonds is 1. The molecular weight excluding hydrogens is 148 g/mol. The molecule has 1 saturated heterocycles. The summed E-state index contributed by atoms with van der Waals surface area (Å²) in [6.45, 7) is 2.42. The number of anilines is 1. The third kappa shape index (κ3) is 1.58. The number of nitrogens with one attached hydrogen (secondary N) is 1. The number of piperidine rings is 1. The van der Waals surface area contributed by atoms with Gasteiger partial charge in [-0.2, -0.15) is 0 Å². The largest absolute Gasteiger partial charge is 0.274 e. The van der Waals surface area contributed by atoms with Gasteiger partial charge in [0.2, 0.25) is 0 Å². The molecule has 1 fully saturated rings. The molecule has 64 valence electrons. The van der Waals surface area contributed by atoms with Crippen LogP contribution < -0.4 is 9.88 Å². The highest BCUT2D eigenvalue weighted by Gasteiger charge is 2.17. The average Bonchev–Trinajstić information content (AvgIpc) is 2.21. The molecule has 0 radical (unpaired) electrons. The third-order valence-corrected chi connectivity index (χ3v) is 2.39. The van der Waals surface area contributed by atoms with E-state index in [1.54, 1.807) is 0 Å². The lowest BCUT2D eigenvalue weighted by molar-refractivity contribution is -0.364. The summed E-state index contributed by atoms with van der Waals surface area (Å²) in [5.41, 5.74) is 0. The van der Waals surface area contributed by atoms with Crippen LogP contribution in [0.3, 0.4) is 0 Å². The Kier molecular flexibility index (Phi) is 2.26. The van der Waals surface area contributed by atoms with Gasteiger partial charge in [0.05, 0.1) is 19.3 Å². The number of H-pyrrole nitrogens is 1. The average molecular weight is 163 g/mol. The van der Waals surface area contributed by atoms with Gasteiger partial charge >= 0.3 is 0 Å². The molecule has 0 amide bonds. The first-order valence-electron chi connectivity index (χ1n) is 4.68. The smallest absolute Gasteiger partial charge is 0.262 e. The Hall–Kier alpha value is -1.05. The molecule has 1 aliphatic rings. The van der Waals surface area contributed by atoms with Gasteiger partial charge in [-0.25, -0.2) is 4.98 Å². The minimum atomic E-state index is 1.21. The molecule has 1 aromatic rings. The minimum Gasteiger partial charge on any atom is -0.262 e. The summed E-state index contributed by atoms with van der Waals surface area (Å²) in [4.78, 5) is 5.68. The van der Waals surface area contributed by atoms with Crippen molar-refractivity contribution in [1.82, 2.24) is 0 Å². The molecule has 1 N–H and O–H groups in total. The van der Waals surface area contributed by atoms with Crippen molar-refractivity contribution in [3.05, 3.63) is 24.4 Å². The van der Waals surface area contributed by atoms with Crippen LogP contribution in [0.4, 0.5) is 5.82 Å². The molecule has 12 heavy (non-hydrogen) atoms. The van der Waals surface area contributed by atoms with Crippen molar-refractivity contribution in [3.63, 3.8) is 0 Å². The molecule has 0 aromatic carbocycles. The number of aromatic nitrogens is 1. The fourth-order valence-electron chi connectivity index (χ4n) is 1.72. The highest BCUT2D eigenvalue weighted by atomic mass is 15.2. The van der Waals surface area contributed by atoms with Crippen molar-refractivity contribution in [1.29, 1.82) is 0 Å². The lowest BCUT2D eigenvalue weighted by Crippen LogP contribution is -2.33. The highest BCUT2D eigenvalue weighted by Crippen LogP contribution is 2.13. The maximum absolute atomic E-state index is 3.26. The maximum Gasteiger partial charge on any atom is 0.274 e. The Balaban J connectivity index is 2.08. The summed E-state index contributed by atoms with van der Waals surface area (Å²) in [5.74, 6) is 1.26. The fraction of sp³-hybridized carbons (Fsp3) is 0.500. The molecule has 2 nitrogen and oxygen atoms in total.